The van der Waals surface area contributed by atoms with Gasteiger partial charge in [-0.15, -0.1) is 0 Å². The minimum absolute atomic E-state index is 0.168. The summed E-state index contributed by atoms with van der Waals surface area (Å²) in [6.45, 7) is 1.58. The minimum atomic E-state index is -0.698. The molecule has 0 aliphatic heterocycles. The summed E-state index contributed by atoms with van der Waals surface area (Å²) in [5.41, 5.74) is -0.00187. The van der Waals surface area contributed by atoms with Crippen LogP contribution in [0.1, 0.15) is 17.3 Å². The first-order valence-electron chi connectivity index (χ1n) is 5.23. The second-order valence-electron chi connectivity index (χ2n) is 3.30. The molecule has 0 bridgehead atoms. The van der Waals surface area contributed by atoms with E-state index >= 15 is 0 Å². The molecular formula is C11H12N2O5. The van der Waals surface area contributed by atoms with Crippen LogP contribution in [0, 0.1) is 10.1 Å². The molecule has 1 rings (SSSR count). The van der Waals surface area contributed by atoms with Crippen molar-refractivity contribution >= 4 is 17.6 Å². The number of benzene rings is 1. The Labute approximate surface area is 103 Å². The third-order valence-corrected chi connectivity index (χ3v) is 2.05. The highest BCUT2D eigenvalue weighted by molar-refractivity contribution is 5.99. The molecule has 0 atom stereocenters. The molecule has 1 aromatic rings. The van der Waals surface area contributed by atoms with Crippen molar-refractivity contribution in [2.24, 2.45) is 0 Å². The quantitative estimate of drug-likeness (QED) is 0.486. The molecule has 96 valence electrons. The fraction of sp³-hybridized carbons (Fsp3) is 0.273. The predicted molar refractivity (Wildman–Crippen MR) is 62.5 cm³/mol. The van der Waals surface area contributed by atoms with Crippen molar-refractivity contribution in [2.45, 2.75) is 6.92 Å². The molecule has 0 aromatic heterocycles. The number of rotatable bonds is 5. The molecule has 1 amide bonds. The van der Waals surface area contributed by atoms with Crippen molar-refractivity contribution in [3.8, 4) is 0 Å². The molecule has 7 heteroatoms. The van der Waals surface area contributed by atoms with Crippen molar-refractivity contribution in [1.82, 2.24) is 5.32 Å². The lowest BCUT2D eigenvalue weighted by Crippen LogP contribution is -2.30. The zero-order valence-electron chi connectivity index (χ0n) is 9.71. The summed E-state index contributed by atoms with van der Waals surface area (Å²) in [6.07, 6.45) is -0.698. The molecular weight excluding hydrogens is 240 g/mol. The summed E-state index contributed by atoms with van der Waals surface area (Å²) in [5, 5.41) is 12.8. The lowest BCUT2D eigenvalue weighted by Gasteiger charge is -2.04. The number of ketones is 1. The zero-order valence-corrected chi connectivity index (χ0v) is 9.71. The number of hydrogen-bond acceptors (Lipinski definition) is 5. The smallest absolute Gasteiger partial charge is 0.407 e. The number of alkyl carbamates (subject to hydrolysis) is 1. The van der Waals surface area contributed by atoms with Crippen molar-refractivity contribution in [2.75, 3.05) is 13.2 Å². The Hall–Kier alpha value is -2.44. The van der Waals surface area contributed by atoms with E-state index in [-0.39, 0.29) is 24.4 Å². The van der Waals surface area contributed by atoms with Crippen LogP contribution in [-0.4, -0.2) is 30.0 Å². The first-order valence-corrected chi connectivity index (χ1v) is 5.23. The monoisotopic (exact) mass is 252 g/mol. The largest absolute Gasteiger partial charge is 0.450 e. The van der Waals surface area contributed by atoms with Gasteiger partial charge in [0.05, 0.1) is 18.1 Å². The van der Waals surface area contributed by atoms with Crippen LogP contribution >= 0.6 is 0 Å². The van der Waals surface area contributed by atoms with Gasteiger partial charge in [0.15, 0.2) is 5.78 Å². The highest BCUT2D eigenvalue weighted by Gasteiger charge is 2.12. The van der Waals surface area contributed by atoms with Crippen LogP contribution in [0.3, 0.4) is 0 Å². The molecule has 1 N–H and O–H groups in total. The van der Waals surface area contributed by atoms with Gasteiger partial charge in [-0.05, 0) is 6.92 Å². The SMILES string of the molecule is CCOC(=O)NCC(=O)c1cccc([N+](=O)[O-])c1. The van der Waals surface area contributed by atoms with E-state index in [1.54, 1.807) is 6.92 Å². The van der Waals surface area contributed by atoms with Crippen molar-refractivity contribution in [1.29, 1.82) is 0 Å². The summed E-state index contributed by atoms with van der Waals surface area (Å²) in [6, 6.07) is 5.31. The normalized spacial score (nSPS) is 9.61. The van der Waals surface area contributed by atoms with Crippen LogP contribution in [0.15, 0.2) is 24.3 Å². The van der Waals surface area contributed by atoms with Crippen LogP contribution in [0.5, 0.6) is 0 Å². The number of non-ortho nitro benzene ring substituents is 1. The number of nitrogens with one attached hydrogen (secondary N) is 1. The van der Waals surface area contributed by atoms with Crippen LogP contribution in [0.25, 0.3) is 0 Å². The third kappa shape index (κ3) is 3.85. The fourth-order valence-electron chi connectivity index (χ4n) is 1.23. The van der Waals surface area contributed by atoms with Crippen molar-refractivity contribution in [3.63, 3.8) is 0 Å². The van der Waals surface area contributed by atoms with Crippen molar-refractivity contribution in [3.05, 3.63) is 39.9 Å². The molecule has 0 spiro atoms. The predicted octanol–water partition coefficient (Wildman–Crippen LogP) is 1.52. The van der Waals surface area contributed by atoms with Crippen molar-refractivity contribution < 1.29 is 19.2 Å². The maximum absolute atomic E-state index is 11.6. The van der Waals surface area contributed by atoms with Gasteiger partial charge in [0, 0.05) is 17.7 Å². The second-order valence-corrected chi connectivity index (χ2v) is 3.30. The molecule has 0 aliphatic carbocycles. The maximum atomic E-state index is 11.6. The van der Waals surface area contributed by atoms with Gasteiger partial charge in [-0.1, -0.05) is 12.1 Å². The average molecular weight is 252 g/mol. The number of Topliss-reactive ketones (excluding diaryl/α,β-unsaturated/α-hetero) is 1. The molecule has 0 fully saturated rings. The number of amides is 1. The molecule has 0 unspecified atom stereocenters. The molecule has 7 nitrogen and oxygen atoms in total. The highest BCUT2D eigenvalue weighted by atomic mass is 16.6. The van der Waals surface area contributed by atoms with Gasteiger partial charge >= 0.3 is 6.09 Å². The van der Waals surface area contributed by atoms with Gasteiger partial charge in [0.25, 0.3) is 5.69 Å². The van der Waals surface area contributed by atoms with Crippen LogP contribution < -0.4 is 5.32 Å². The number of carbonyl (C=O) groups is 2. The second kappa shape index (κ2) is 6.33. The van der Waals surface area contributed by atoms with Gasteiger partial charge in [-0.25, -0.2) is 4.79 Å². The topological polar surface area (TPSA) is 98.5 Å². The van der Waals surface area contributed by atoms with E-state index in [0.29, 0.717) is 0 Å². The Kier molecular flexibility index (Phi) is 4.79. The Balaban J connectivity index is 2.64. The third-order valence-electron chi connectivity index (χ3n) is 2.05. The van der Waals surface area contributed by atoms with E-state index in [9.17, 15) is 19.7 Å². The number of carbonyl (C=O) groups excluding carboxylic acids is 2. The molecule has 0 heterocycles. The lowest BCUT2D eigenvalue weighted by molar-refractivity contribution is -0.384. The summed E-state index contributed by atoms with van der Waals surface area (Å²) >= 11 is 0. The van der Waals surface area contributed by atoms with E-state index in [1.165, 1.54) is 18.2 Å². The van der Waals surface area contributed by atoms with E-state index in [2.05, 4.69) is 10.1 Å². The Morgan fingerprint density at radius 2 is 2.17 bits per heavy atom. The fourth-order valence-corrected chi connectivity index (χ4v) is 1.23. The first-order chi connectivity index (χ1) is 8.54. The summed E-state index contributed by atoms with van der Waals surface area (Å²) < 4.78 is 4.58. The first kappa shape index (κ1) is 13.6. The Morgan fingerprint density at radius 3 is 2.78 bits per heavy atom. The number of nitro benzene ring substituents is 1. The van der Waals surface area contributed by atoms with E-state index in [4.69, 9.17) is 0 Å². The number of nitrogens with zero attached hydrogens (tertiary/aromatic N) is 1. The number of ether oxygens (including phenoxy) is 1. The molecule has 1 aromatic carbocycles. The maximum Gasteiger partial charge on any atom is 0.407 e. The van der Waals surface area contributed by atoms with E-state index < -0.39 is 16.8 Å². The summed E-state index contributed by atoms with van der Waals surface area (Å²) in [4.78, 5) is 32.5. The molecule has 0 radical (unpaired) electrons. The summed E-state index contributed by atoms with van der Waals surface area (Å²) in [5.74, 6) is -0.424. The van der Waals surface area contributed by atoms with E-state index in [1.807, 2.05) is 0 Å². The standard InChI is InChI=1S/C11H12N2O5/c1-2-18-11(15)12-7-10(14)8-4-3-5-9(6-8)13(16)17/h3-6H,2,7H2,1H3,(H,12,15). The molecule has 0 saturated heterocycles. The highest BCUT2D eigenvalue weighted by Crippen LogP contribution is 2.13. The van der Waals surface area contributed by atoms with Crippen LogP contribution in [-0.2, 0) is 4.74 Å². The number of hydrogen-bond donors (Lipinski definition) is 1. The van der Waals surface area contributed by atoms with Gasteiger partial charge in [0.2, 0.25) is 0 Å². The molecule has 0 aliphatic rings. The van der Waals surface area contributed by atoms with Gasteiger partial charge < -0.3 is 10.1 Å². The van der Waals surface area contributed by atoms with Gasteiger partial charge in [0.1, 0.15) is 0 Å². The van der Waals surface area contributed by atoms with Gasteiger partial charge in [-0.2, -0.15) is 0 Å². The Morgan fingerprint density at radius 1 is 1.44 bits per heavy atom. The zero-order chi connectivity index (χ0) is 13.5. The average Bonchev–Trinajstić information content (AvgIpc) is 2.36. The molecule has 18 heavy (non-hydrogen) atoms. The lowest BCUT2D eigenvalue weighted by atomic mass is 10.1. The van der Waals surface area contributed by atoms with E-state index in [0.717, 1.165) is 6.07 Å². The van der Waals surface area contributed by atoms with Crippen LogP contribution in [0.2, 0.25) is 0 Å². The van der Waals surface area contributed by atoms with Gasteiger partial charge in [-0.3, -0.25) is 14.9 Å². The Bertz CT molecular complexity index is 472. The molecule has 0 saturated carbocycles. The minimum Gasteiger partial charge on any atom is -0.450 e. The number of nitro groups is 1. The summed E-state index contributed by atoms with van der Waals surface area (Å²) in [7, 11) is 0. The van der Waals surface area contributed by atoms with Crippen LogP contribution in [0.4, 0.5) is 10.5 Å².